The Morgan fingerprint density at radius 3 is 2.61 bits per heavy atom. The third-order valence-corrected chi connectivity index (χ3v) is 6.36. The van der Waals surface area contributed by atoms with E-state index < -0.39 is 23.5 Å². The minimum Gasteiger partial charge on any atom is -0.503 e. The number of ether oxygens (including phenoxy) is 3. The number of aliphatic hydroxyl groups is 1. The van der Waals surface area contributed by atoms with E-state index in [1.54, 1.807) is 43.5 Å². The molecule has 0 bridgehead atoms. The molecular weight excluding hydrogens is 530 g/mol. The molecule has 1 aliphatic heterocycles. The number of fused-ring (bicyclic) bond motifs is 1. The van der Waals surface area contributed by atoms with Crippen LogP contribution >= 0.6 is 15.9 Å². The lowest BCUT2D eigenvalue weighted by Crippen LogP contribution is -2.34. The van der Waals surface area contributed by atoms with Crippen molar-refractivity contribution < 1.29 is 33.3 Å². The molecule has 0 spiro atoms. The van der Waals surface area contributed by atoms with E-state index in [1.165, 1.54) is 12.0 Å². The van der Waals surface area contributed by atoms with E-state index in [0.717, 1.165) is 9.86 Å². The molecular formula is C27H28BrNO7. The second kappa shape index (κ2) is 10.8. The minimum atomic E-state index is -0.868. The van der Waals surface area contributed by atoms with Gasteiger partial charge in [-0.05, 0) is 47.9 Å². The lowest BCUT2D eigenvalue weighted by Gasteiger charge is -2.27. The highest BCUT2D eigenvalue weighted by Gasteiger charge is 2.44. The molecule has 9 heteroatoms. The fourth-order valence-electron chi connectivity index (χ4n) is 4.14. The standard InChI is InChI=1S/C27H28BrNO7/c1-15(2)14-35-21-12-16(5-7-20(21)34-4)24-23(26(31)27(32)29(24)9-10-33-3)25(30)22-13-17-11-18(28)6-8-19(17)36-22/h5-8,11-13,15,24,31H,9-10,14H2,1-4H3. The van der Waals surface area contributed by atoms with E-state index in [0.29, 0.717) is 29.3 Å². The number of rotatable bonds is 10. The second-order valence-electron chi connectivity index (χ2n) is 8.89. The van der Waals surface area contributed by atoms with Gasteiger partial charge in [0, 0.05) is 23.5 Å². The van der Waals surface area contributed by atoms with Crippen LogP contribution in [0.3, 0.4) is 0 Å². The first-order valence-corrected chi connectivity index (χ1v) is 12.3. The summed E-state index contributed by atoms with van der Waals surface area (Å²) in [5, 5.41) is 11.6. The largest absolute Gasteiger partial charge is 0.503 e. The molecule has 4 rings (SSSR count). The quantitative estimate of drug-likeness (QED) is 0.330. The van der Waals surface area contributed by atoms with Crippen LogP contribution < -0.4 is 9.47 Å². The van der Waals surface area contributed by atoms with E-state index in [2.05, 4.69) is 15.9 Å². The Bertz CT molecular complexity index is 1330. The van der Waals surface area contributed by atoms with Crippen LogP contribution in [0.15, 0.2) is 62.7 Å². The van der Waals surface area contributed by atoms with Gasteiger partial charge in [0.2, 0.25) is 5.78 Å². The average molecular weight is 558 g/mol. The van der Waals surface area contributed by atoms with E-state index in [-0.39, 0.29) is 30.4 Å². The number of benzene rings is 2. The smallest absolute Gasteiger partial charge is 0.290 e. The van der Waals surface area contributed by atoms with Crippen molar-refractivity contribution in [2.24, 2.45) is 5.92 Å². The van der Waals surface area contributed by atoms with E-state index in [4.69, 9.17) is 18.6 Å². The van der Waals surface area contributed by atoms with Crippen molar-refractivity contribution in [3.8, 4) is 11.5 Å². The number of amides is 1. The minimum absolute atomic E-state index is 0.0286. The molecule has 2 aromatic carbocycles. The summed E-state index contributed by atoms with van der Waals surface area (Å²) < 4.78 is 23.2. The summed E-state index contributed by atoms with van der Waals surface area (Å²) in [5.74, 6) is -0.521. The van der Waals surface area contributed by atoms with Crippen molar-refractivity contribution in [2.45, 2.75) is 19.9 Å². The first kappa shape index (κ1) is 25.8. The van der Waals surface area contributed by atoms with Crippen molar-refractivity contribution in [1.82, 2.24) is 4.90 Å². The van der Waals surface area contributed by atoms with Crippen LogP contribution in [0, 0.1) is 5.92 Å². The van der Waals surface area contributed by atoms with E-state index in [9.17, 15) is 14.7 Å². The van der Waals surface area contributed by atoms with Gasteiger partial charge in [-0.2, -0.15) is 0 Å². The van der Waals surface area contributed by atoms with Crippen LogP contribution in [0.1, 0.15) is 36.0 Å². The number of hydrogen-bond donors (Lipinski definition) is 1. The predicted molar refractivity (Wildman–Crippen MR) is 138 cm³/mol. The number of methoxy groups -OCH3 is 2. The van der Waals surface area contributed by atoms with Gasteiger partial charge in [0.25, 0.3) is 5.91 Å². The SMILES string of the molecule is COCCN1C(=O)C(O)=C(C(=O)c2cc3cc(Br)ccc3o2)C1c1ccc(OC)c(OCC(C)C)c1. The van der Waals surface area contributed by atoms with Crippen molar-refractivity contribution in [1.29, 1.82) is 0 Å². The summed E-state index contributed by atoms with van der Waals surface area (Å²) in [5.41, 5.74) is 1.05. The van der Waals surface area contributed by atoms with Crippen molar-refractivity contribution in [3.63, 3.8) is 0 Å². The summed E-state index contributed by atoms with van der Waals surface area (Å²) >= 11 is 3.41. The maximum Gasteiger partial charge on any atom is 0.290 e. The average Bonchev–Trinajstić information content (AvgIpc) is 3.39. The molecule has 0 aliphatic carbocycles. The first-order chi connectivity index (χ1) is 17.2. The first-order valence-electron chi connectivity index (χ1n) is 11.5. The number of ketones is 1. The van der Waals surface area contributed by atoms with Gasteiger partial charge in [0.15, 0.2) is 23.0 Å². The molecule has 190 valence electrons. The van der Waals surface area contributed by atoms with Crippen molar-refractivity contribution in [3.05, 3.63) is 69.6 Å². The fourth-order valence-corrected chi connectivity index (χ4v) is 4.52. The number of Topliss-reactive ketones (excluding diaryl/α,β-unsaturated/α-hetero) is 1. The Morgan fingerprint density at radius 1 is 1.14 bits per heavy atom. The summed E-state index contributed by atoms with van der Waals surface area (Å²) in [6.07, 6.45) is 0. The summed E-state index contributed by atoms with van der Waals surface area (Å²) in [4.78, 5) is 28.2. The highest BCUT2D eigenvalue weighted by molar-refractivity contribution is 9.10. The number of halogens is 1. The molecule has 0 saturated heterocycles. The third kappa shape index (κ3) is 4.99. The molecule has 1 aromatic heterocycles. The zero-order valence-electron chi connectivity index (χ0n) is 20.5. The highest BCUT2D eigenvalue weighted by atomic mass is 79.9. The van der Waals surface area contributed by atoms with Crippen LogP contribution in [0.25, 0.3) is 11.0 Å². The second-order valence-corrected chi connectivity index (χ2v) is 9.81. The molecule has 3 aromatic rings. The van der Waals surface area contributed by atoms with Gasteiger partial charge in [0.1, 0.15) is 5.58 Å². The van der Waals surface area contributed by atoms with Gasteiger partial charge in [0.05, 0.1) is 31.9 Å². The molecule has 1 unspecified atom stereocenters. The monoisotopic (exact) mass is 557 g/mol. The van der Waals surface area contributed by atoms with Gasteiger partial charge < -0.3 is 28.6 Å². The Kier molecular flexibility index (Phi) is 7.70. The number of carbonyl (C=O) groups is 2. The number of furan rings is 1. The van der Waals surface area contributed by atoms with Gasteiger partial charge >= 0.3 is 0 Å². The molecule has 0 radical (unpaired) electrons. The number of aliphatic hydroxyl groups excluding tert-OH is 1. The molecule has 0 saturated carbocycles. The summed E-state index contributed by atoms with van der Waals surface area (Å²) in [7, 11) is 3.06. The number of hydrogen-bond acceptors (Lipinski definition) is 7. The zero-order chi connectivity index (χ0) is 26.0. The Hall–Kier alpha value is -3.30. The molecule has 2 heterocycles. The van der Waals surface area contributed by atoms with Crippen LogP contribution in [0.2, 0.25) is 0 Å². The number of nitrogens with zero attached hydrogens (tertiary/aromatic N) is 1. The van der Waals surface area contributed by atoms with E-state index in [1.807, 2.05) is 19.9 Å². The molecule has 1 aliphatic rings. The van der Waals surface area contributed by atoms with Gasteiger partial charge in [-0.15, -0.1) is 0 Å². The predicted octanol–water partition coefficient (Wildman–Crippen LogP) is 5.46. The number of carbonyl (C=O) groups excluding carboxylic acids is 2. The fraction of sp³-hybridized carbons (Fsp3) is 0.333. The van der Waals surface area contributed by atoms with E-state index >= 15 is 0 Å². The highest BCUT2D eigenvalue weighted by Crippen LogP contribution is 2.42. The maximum atomic E-state index is 13.7. The van der Waals surface area contributed by atoms with Crippen LogP contribution in [0.5, 0.6) is 11.5 Å². The van der Waals surface area contributed by atoms with Crippen LogP contribution in [0.4, 0.5) is 0 Å². The van der Waals surface area contributed by atoms with Gasteiger partial charge in [-0.25, -0.2) is 0 Å². The van der Waals surface area contributed by atoms with Crippen LogP contribution in [-0.2, 0) is 9.53 Å². The summed E-state index contributed by atoms with van der Waals surface area (Å²) in [6.45, 7) is 4.91. The van der Waals surface area contributed by atoms with Crippen molar-refractivity contribution in [2.75, 3.05) is 34.0 Å². The Morgan fingerprint density at radius 2 is 1.92 bits per heavy atom. The van der Waals surface area contributed by atoms with Gasteiger partial charge in [-0.1, -0.05) is 35.8 Å². The third-order valence-electron chi connectivity index (χ3n) is 5.86. The lowest BCUT2D eigenvalue weighted by atomic mass is 9.94. The molecule has 1 amide bonds. The Balaban J connectivity index is 1.79. The maximum absolute atomic E-state index is 13.7. The molecule has 0 fully saturated rings. The molecule has 1 N–H and O–H groups in total. The lowest BCUT2D eigenvalue weighted by molar-refractivity contribution is -0.130. The molecule has 1 atom stereocenters. The normalized spacial score (nSPS) is 15.9. The summed E-state index contributed by atoms with van der Waals surface area (Å²) in [6, 6.07) is 11.3. The zero-order valence-corrected chi connectivity index (χ0v) is 22.1. The molecule has 8 nitrogen and oxygen atoms in total. The van der Waals surface area contributed by atoms with Crippen LogP contribution in [-0.4, -0.2) is 55.7 Å². The topological polar surface area (TPSA) is 98.4 Å². The van der Waals surface area contributed by atoms with Gasteiger partial charge in [-0.3, -0.25) is 9.59 Å². The molecule has 36 heavy (non-hydrogen) atoms. The van der Waals surface area contributed by atoms with Crippen molar-refractivity contribution >= 4 is 38.6 Å². The Labute approximate surface area is 217 Å².